The highest BCUT2D eigenvalue weighted by Crippen LogP contribution is 2.36. The van der Waals surface area contributed by atoms with Gasteiger partial charge in [0.2, 0.25) is 0 Å². The molecular formula is C12H28O2Si. The van der Waals surface area contributed by atoms with Crippen LogP contribution in [0.2, 0.25) is 18.1 Å². The van der Waals surface area contributed by atoms with E-state index in [1.165, 1.54) is 0 Å². The number of rotatable bonds is 5. The Morgan fingerprint density at radius 3 is 1.93 bits per heavy atom. The SMILES string of the molecule is CC(C)C(CO)CO[Si](C)(C)C(C)(C)C. The Balaban J connectivity index is 4.25. The molecule has 92 valence electrons. The van der Waals surface area contributed by atoms with Crippen molar-refractivity contribution in [3.05, 3.63) is 0 Å². The van der Waals surface area contributed by atoms with Crippen molar-refractivity contribution in [3.8, 4) is 0 Å². The van der Waals surface area contributed by atoms with Gasteiger partial charge < -0.3 is 9.53 Å². The molecule has 2 nitrogen and oxygen atoms in total. The first-order valence-corrected chi connectivity index (χ1v) is 8.77. The van der Waals surface area contributed by atoms with E-state index in [1.807, 2.05) is 0 Å². The smallest absolute Gasteiger partial charge is 0.191 e. The van der Waals surface area contributed by atoms with Crippen molar-refractivity contribution >= 4 is 8.32 Å². The highest BCUT2D eigenvalue weighted by molar-refractivity contribution is 6.74. The second-order valence-corrected chi connectivity index (χ2v) is 11.1. The highest BCUT2D eigenvalue weighted by Gasteiger charge is 2.37. The van der Waals surface area contributed by atoms with Crippen LogP contribution in [-0.2, 0) is 4.43 Å². The summed E-state index contributed by atoms with van der Waals surface area (Å²) >= 11 is 0. The fourth-order valence-electron chi connectivity index (χ4n) is 0.988. The first-order chi connectivity index (χ1) is 6.62. The maximum Gasteiger partial charge on any atom is 0.191 e. The van der Waals surface area contributed by atoms with Crippen molar-refractivity contribution in [2.24, 2.45) is 11.8 Å². The molecule has 1 atom stereocenters. The molecule has 0 aliphatic carbocycles. The van der Waals surface area contributed by atoms with Crippen LogP contribution in [0.3, 0.4) is 0 Å². The van der Waals surface area contributed by atoms with E-state index in [4.69, 9.17) is 4.43 Å². The van der Waals surface area contributed by atoms with Gasteiger partial charge in [-0.3, -0.25) is 0 Å². The first-order valence-electron chi connectivity index (χ1n) is 5.86. The molecule has 0 aromatic heterocycles. The van der Waals surface area contributed by atoms with Crippen LogP contribution >= 0.6 is 0 Å². The minimum atomic E-state index is -1.64. The molecule has 0 radical (unpaired) electrons. The standard InChI is InChI=1S/C12H28O2Si/c1-10(2)11(8-13)9-14-15(6,7)12(3,4)5/h10-11,13H,8-9H2,1-7H3. The lowest BCUT2D eigenvalue weighted by Gasteiger charge is -2.37. The summed E-state index contributed by atoms with van der Waals surface area (Å²) in [6.07, 6.45) is 0. The van der Waals surface area contributed by atoms with Crippen LogP contribution in [0.25, 0.3) is 0 Å². The maximum absolute atomic E-state index is 9.23. The van der Waals surface area contributed by atoms with Crippen LogP contribution in [0.4, 0.5) is 0 Å². The summed E-state index contributed by atoms with van der Waals surface area (Å²) in [6, 6.07) is 0. The molecule has 0 amide bonds. The van der Waals surface area contributed by atoms with Crippen molar-refractivity contribution in [1.82, 2.24) is 0 Å². The van der Waals surface area contributed by atoms with Gasteiger partial charge in [-0.15, -0.1) is 0 Å². The normalized spacial score (nSPS) is 15.8. The van der Waals surface area contributed by atoms with E-state index in [0.717, 1.165) is 0 Å². The van der Waals surface area contributed by atoms with Gasteiger partial charge in [-0.2, -0.15) is 0 Å². The summed E-state index contributed by atoms with van der Waals surface area (Å²) in [5.74, 6) is 0.763. The Labute approximate surface area is 96.2 Å². The topological polar surface area (TPSA) is 29.5 Å². The van der Waals surface area contributed by atoms with Gasteiger partial charge in [-0.25, -0.2) is 0 Å². The molecule has 0 aliphatic rings. The monoisotopic (exact) mass is 232 g/mol. The van der Waals surface area contributed by atoms with Gasteiger partial charge in [-0.1, -0.05) is 34.6 Å². The van der Waals surface area contributed by atoms with E-state index in [9.17, 15) is 5.11 Å². The van der Waals surface area contributed by atoms with E-state index in [-0.39, 0.29) is 17.6 Å². The minimum absolute atomic E-state index is 0.228. The molecule has 0 rings (SSSR count). The largest absolute Gasteiger partial charge is 0.416 e. The molecule has 1 N–H and O–H groups in total. The van der Waals surface area contributed by atoms with Crippen LogP contribution in [0.1, 0.15) is 34.6 Å². The molecule has 15 heavy (non-hydrogen) atoms. The summed E-state index contributed by atoms with van der Waals surface area (Å²) in [7, 11) is -1.64. The predicted octanol–water partition coefficient (Wildman–Crippen LogP) is 3.27. The number of aliphatic hydroxyl groups excluding tert-OH is 1. The molecule has 0 saturated heterocycles. The molecule has 0 fully saturated rings. The summed E-state index contributed by atoms with van der Waals surface area (Å²) < 4.78 is 6.09. The van der Waals surface area contributed by atoms with Crippen molar-refractivity contribution in [2.75, 3.05) is 13.2 Å². The first kappa shape index (κ1) is 15.1. The molecule has 0 bridgehead atoms. The molecule has 0 aromatic rings. The molecule has 0 aliphatic heterocycles. The van der Waals surface area contributed by atoms with Gasteiger partial charge >= 0.3 is 0 Å². The molecule has 0 spiro atoms. The molecule has 0 saturated carbocycles. The van der Waals surface area contributed by atoms with Crippen molar-refractivity contribution in [1.29, 1.82) is 0 Å². The van der Waals surface area contributed by atoms with Gasteiger partial charge in [-0.05, 0) is 24.1 Å². The average molecular weight is 232 g/mol. The summed E-state index contributed by atoms with van der Waals surface area (Å²) in [5.41, 5.74) is 0. The highest BCUT2D eigenvalue weighted by atomic mass is 28.4. The van der Waals surface area contributed by atoms with Crippen LogP contribution in [0, 0.1) is 11.8 Å². The van der Waals surface area contributed by atoms with Crippen molar-refractivity contribution in [3.63, 3.8) is 0 Å². The van der Waals surface area contributed by atoms with E-state index >= 15 is 0 Å². The lowest BCUT2D eigenvalue weighted by Crippen LogP contribution is -2.42. The van der Waals surface area contributed by atoms with Gasteiger partial charge in [0, 0.05) is 19.1 Å². The van der Waals surface area contributed by atoms with Crippen molar-refractivity contribution < 1.29 is 9.53 Å². The van der Waals surface area contributed by atoms with Crippen LogP contribution in [-0.4, -0.2) is 26.6 Å². The minimum Gasteiger partial charge on any atom is -0.416 e. The molecule has 0 heterocycles. The Morgan fingerprint density at radius 2 is 1.67 bits per heavy atom. The Kier molecular flexibility index (Phi) is 5.51. The zero-order chi connectivity index (χ0) is 12.3. The van der Waals surface area contributed by atoms with Gasteiger partial charge in [0.1, 0.15) is 0 Å². The average Bonchev–Trinajstić information content (AvgIpc) is 2.02. The number of aliphatic hydroxyl groups is 1. The Hall–Kier alpha value is 0.137. The van der Waals surface area contributed by atoms with Crippen LogP contribution in [0.15, 0.2) is 0 Å². The fraction of sp³-hybridized carbons (Fsp3) is 1.00. The van der Waals surface area contributed by atoms with E-state index in [2.05, 4.69) is 47.7 Å². The predicted molar refractivity (Wildman–Crippen MR) is 68.6 cm³/mol. The van der Waals surface area contributed by atoms with Gasteiger partial charge in [0.05, 0.1) is 0 Å². The van der Waals surface area contributed by atoms with E-state index in [0.29, 0.717) is 12.5 Å². The third-order valence-corrected chi connectivity index (χ3v) is 8.14. The quantitative estimate of drug-likeness (QED) is 0.737. The van der Waals surface area contributed by atoms with E-state index < -0.39 is 8.32 Å². The fourth-order valence-corrected chi connectivity index (χ4v) is 2.05. The summed E-state index contributed by atoms with van der Waals surface area (Å²) in [4.78, 5) is 0. The van der Waals surface area contributed by atoms with Crippen molar-refractivity contribution in [2.45, 2.75) is 52.8 Å². The molecule has 0 aromatic carbocycles. The van der Waals surface area contributed by atoms with Gasteiger partial charge in [0.25, 0.3) is 0 Å². The van der Waals surface area contributed by atoms with Crippen LogP contribution in [0.5, 0.6) is 0 Å². The Bertz CT molecular complexity index is 183. The summed E-state index contributed by atoms with van der Waals surface area (Å²) in [5, 5.41) is 9.49. The van der Waals surface area contributed by atoms with Crippen LogP contribution < -0.4 is 0 Å². The van der Waals surface area contributed by atoms with Gasteiger partial charge in [0.15, 0.2) is 8.32 Å². The number of hydrogen-bond acceptors (Lipinski definition) is 2. The second kappa shape index (κ2) is 5.46. The maximum atomic E-state index is 9.23. The second-order valence-electron chi connectivity index (χ2n) is 6.26. The zero-order valence-electron chi connectivity index (χ0n) is 11.4. The molecule has 3 heteroatoms. The third-order valence-electron chi connectivity index (χ3n) is 3.64. The number of hydrogen-bond donors (Lipinski definition) is 1. The lowest BCUT2D eigenvalue weighted by molar-refractivity contribution is 0.122. The van der Waals surface area contributed by atoms with E-state index in [1.54, 1.807) is 0 Å². The lowest BCUT2D eigenvalue weighted by atomic mass is 9.98. The molecule has 1 unspecified atom stereocenters. The molecular weight excluding hydrogens is 204 g/mol. The summed E-state index contributed by atoms with van der Waals surface area (Å²) in [6.45, 7) is 16.4. The Morgan fingerprint density at radius 1 is 1.20 bits per heavy atom. The zero-order valence-corrected chi connectivity index (χ0v) is 12.4. The third kappa shape index (κ3) is 4.66.